The Morgan fingerprint density at radius 1 is 1.23 bits per heavy atom. The van der Waals surface area contributed by atoms with Crippen LogP contribution in [0, 0.1) is 6.92 Å². The van der Waals surface area contributed by atoms with Gasteiger partial charge in [0.2, 0.25) is 0 Å². The van der Waals surface area contributed by atoms with E-state index in [2.05, 4.69) is 37.1 Å². The number of aromatic nitrogens is 6. The van der Waals surface area contributed by atoms with E-state index in [1.54, 1.807) is 4.52 Å². The van der Waals surface area contributed by atoms with Gasteiger partial charge in [-0.25, -0.2) is 9.97 Å². The quantitative estimate of drug-likeness (QED) is 0.710. The second kappa shape index (κ2) is 5.01. The summed E-state index contributed by atoms with van der Waals surface area (Å²) in [5.41, 5.74) is 3.13. The molecule has 0 bridgehead atoms. The topological polar surface area (TPSA) is 72.1 Å². The van der Waals surface area contributed by atoms with E-state index >= 15 is 0 Å². The maximum absolute atomic E-state index is 4.67. The molecule has 4 rings (SSSR count). The van der Waals surface area contributed by atoms with Crippen molar-refractivity contribution in [2.45, 2.75) is 33.2 Å². The summed E-state index contributed by atoms with van der Waals surface area (Å²) in [5, 5.41) is 12.8. The van der Waals surface area contributed by atoms with Gasteiger partial charge in [-0.05, 0) is 31.0 Å². The van der Waals surface area contributed by atoms with Crippen molar-refractivity contribution in [2.75, 3.05) is 11.4 Å². The third-order valence-corrected chi connectivity index (χ3v) is 4.04. The average molecular weight is 295 g/mol. The number of fused-ring (bicyclic) bond motifs is 2. The van der Waals surface area contributed by atoms with Crippen molar-refractivity contribution in [3.63, 3.8) is 0 Å². The van der Waals surface area contributed by atoms with E-state index in [1.165, 1.54) is 5.56 Å². The van der Waals surface area contributed by atoms with Gasteiger partial charge >= 0.3 is 0 Å². The zero-order valence-electron chi connectivity index (χ0n) is 12.7. The number of hydrogen-bond acceptors (Lipinski definition) is 6. The molecule has 0 spiro atoms. The predicted octanol–water partition coefficient (Wildman–Crippen LogP) is 1.35. The van der Waals surface area contributed by atoms with Crippen LogP contribution in [-0.4, -0.2) is 36.3 Å². The van der Waals surface area contributed by atoms with Crippen molar-refractivity contribution in [1.82, 2.24) is 29.8 Å². The molecule has 7 nitrogen and oxygen atoms in total. The van der Waals surface area contributed by atoms with E-state index in [9.17, 15) is 0 Å². The van der Waals surface area contributed by atoms with E-state index in [4.69, 9.17) is 0 Å². The molecular formula is C15H17N7. The Bertz CT molecular complexity index is 839. The first kappa shape index (κ1) is 13.1. The van der Waals surface area contributed by atoms with Crippen molar-refractivity contribution in [3.8, 4) is 0 Å². The van der Waals surface area contributed by atoms with Crippen LogP contribution in [0.15, 0.2) is 18.3 Å². The molecule has 22 heavy (non-hydrogen) atoms. The normalized spacial score (nSPS) is 14.4. The zero-order chi connectivity index (χ0) is 15.1. The first-order valence-corrected chi connectivity index (χ1v) is 7.52. The van der Waals surface area contributed by atoms with Gasteiger partial charge in [0.1, 0.15) is 11.6 Å². The number of anilines is 1. The lowest BCUT2D eigenvalue weighted by Gasteiger charge is -2.28. The van der Waals surface area contributed by atoms with Crippen molar-refractivity contribution in [3.05, 3.63) is 41.2 Å². The number of hydrogen-bond donors (Lipinski definition) is 0. The minimum atomic E-state index is 0.768. The van der Waals surface area contributed by atoms with Gasteiger partial charge in [0, 0.05) is 19.2 Å². The van der Waals surface area contributed by atoms with Gasteiger partial charge in [0.25, 0.3) is 0 Å². The molecule has 0 unspecified atom stereocenters. The van der Waals surface area contributed by atoms with E-state index in [0.29, 0.717) is 0 Å². The van der Waals surface area contributed by atoms with E-state index in [0.717, 1.165) is 54.7 Å². The summed E-state index contributed by atoms with van der Waals surface area (Å²) in [6.07, 6.45) is 3.77. The predicted molar refractivity (Wildman–Crippen MR) is 81.7 cm³/mol. The Labute approximate surface area is 128 Å². The molecule has 1 aliphatic rings. The molecule has 0 fully saturated rings. The number of aryl methyl sites for hydroxylation is 2. The summed E-state index contributed by atoms with van der Waals surface area (Å²) >= 11 is 0. The molecular weight excluding hydrogens is 278 g/mol. The van der Waals surface area contributed by atoms with E-state index < -0.39 is 0 Å². The minimum absolute atomic E-state index is 0.768. The third kappa shape index (κ3) is 2.09. The molecule has 0 radical (unpaired) electrons. The minimum Gasteiger partial charge on any atom is -0.349 e. The lowest BCUT2D eigenvalue weighted by Crippen LogP contribution is -2.32. The van der Waals surface area contributed by atoms with Crippen LogP contribution in [0.4, 0.5) is 5.82 Å². The van der Waals surface area contributed by atoms with Gasteiger partial charge in [-0.15, -0.1) is 15.3 Å². The Hall–Kier alpha value is -2.57. The van der Waals surface area contributed by atoms with Crippen molar-refractivity contribution in [1.29, 1.82) is 0 Å². The van der Waals surface area contributed by atoms with Gasteiger partial charge in [-0.1, -0.05) is 6.92 Å². The van der Waals surface area contributed by atoms with Crippen LogP contribution in [0.2, 0.25) is 0 Å². The first-order chi connectivity index (χ1) is 10.7. The molecule has 112 valence electrons. The summed E-state index contributed by atoms with van der Waals surface area (Å²) in [4.78, 5) is 11.3. The molecule has 4 heterocycles. The maximum Gasteiger partial charge on any atom is 0.178 e. The Morgan fingerprint density at radius 2 is 2.14 bits per heavy atom. The van der Waals surface area contributed by atoms with Crippen molar-refractivity contribution in [2.24, 2.45) is 0 Å². The van der Waals surface area contributed by atoms with Crippen LogP contribution in [-0.2, 0) is 19.4 Å². The van der Waals surface area contributed by atoms with E-state index in [-0.39, 0.29) is 0 Å². The van der Waals surface area contributed by atoms with Crippen LogP contribution < -0.4 is 4.90 Å². The Kier molecular flexibility index (Phi) is 2.99. The molecule has 0 N–H and O–H groups in total. The second-order valence-electron chi connectivity index (χ2n) is 5.49. The highest BCUT2D eigenvalue weighted by Gasteiger charge is 2.20. The highest BCUT2D eigenvalue weighted by atomic mass is 15.4. The molecule has 0 saturated heterocycles. The highest BCUT2D eigenvalue weighted by Crippen LogP contribution is 2.21. The van der Waals surface area contributed by atoms with Crippen LogP contribution in [0.3, 0.4) is 0 Å². The molecule has 1 aliphatic heterocycles. The largest absolute Gasteiger partial charge is 0.349 e. The molecule has 0 aliphatic carbocycles. The fourth-order valence-electron chi connectivity index (χ4n) is 2.77. The molecule has 0 amide bonds. The maximum atomic E-state index is 4.67. The molecule has 0 aromatic carbocycles. The SMILES string of the molecule is CCc1ncc2c(n1)CN(c1ccc3nnc(C)n3n1)CC2. The van der Waals surface area contributed by atoms with Gasteiger partial charge < -0.3 is 4.90 Å². The van der Waals surface area contributed by atoms with Gasteiger partial charge in [0.05, 0.1) is 12.2 Å². The fourth-order valence-corrected chi connectivity index (χ4v) is 2.77. The lowest BCUT2D eigenvalue weighted by atomic mass is 10.1. The van der Waals surface area contributed by atoms with E-state index in [1.807, 2.05) is 25.3 Å². The number of rotatable bonds is 2. The smallest absolute Gasteiger partial charge is 0.178 e. The highest BCUT2D eigenvalue weighted by molar-refractivity contribution is 5.47. The lowest BCUT2D eigenvalue weighted by molar-refractivity contribution is 0.674. The van der Waals surface area contributed by atoms with Crippen LogP contribution in [0.1, 0.15) is 29.8 Å². The summed E-state index contributed by atoms with van der Waals surface area (Å²) in [6, 6.07) is 3.95. The molecule has 0 atom stereocenters. The van der Waals surface area contributed by atoms with Gasteiger partial charge in [-0.3, -0.25) is 0 Å². The third-order valence-electron chi connectivity index (χ3n) is 4.04. The molecule has 7 heteroatoms. The summed E-state index contributed by atoms with van der Waals surface area (Å²) in [7, 11) is 0. The Morgan fingerprint density at radius 3 is 3.00 bits per heavy atom. The summed E-state index contributed by atoms with van der Waals surface area (Å²) < 4.78 is 1.78. The average Bonchev–Trinajstić information content (AvgIpc) is 2.94. The van der Waals surface area contributed by atoms with Crippen molar-refractivity contribution >= 4 is 11.5 Å². The van der Waals surface area contributed by atoms with Gasteiger partial charge in [-0.2, -0.15) is 4.52 Å². The molecule has 0 saturated carbocycles. The molecule has 3 aromatic heterocycles. The van der Waals surface area contributed by atoms with Gasteiger partial charge in [0.15, 0.2) is 11.5 Å². The van der Waals surface area contributed by atoms with Crippen molar-refractivity contribution < 1.29 is 0 Å². The summed E-state index contributed by atoms with van der Waals surface area (Å²) in [6.45, 7) is 5.67. The van der Waals surface area contributed by atoms with Crippen LogP contribution >= 0.6 is 0 Å². The first-order valence-electron chi connectivity index (χ1n) is 7.52. The Balaban J connectivity index is 1.69. The number of nitrogens with zero attached hydrogens (tertiary/aromatic N) is 7. The molecule has 3 aromatic rings. The summed E-state index contributed by atoms with van der Waals surface area (Å²) in [5.74, 6) is 2.63. The fraction of sp³-hybridized carbons (Fsp3) is 0.400. The standard InChI is InChI=1S/C15H17N7/c1-3-13-16-8-11-6-7-21(9-12(11)17-13)15-5-4-14-19-18-10(2)22(14)20-15/h4-5,8H,3,6-7,9H2,1-2H3. The monoisotopic (exact) mass is 295 g/mol. The second-order valence-corrected chi connectivity index (χ2v) is 5.49. The zero-order valence-corrected chi connectivity index (χ0v) is 12.7. The van der Waals surface area contributed by atoms with Crippen LogP contribution in [0.5, 0.6) is 0 Å². The van der Waals surface area contributed by atoms with Crippen LogP contribution in [0.25, 0.3) is 5.65 Å².